The number of halogens is 4. The molecule has 2 fully saturated rings. The molecule has 39 heavy (non-hydrogen) atoms. The van der Waals surface area contributed by atoms with Crippen LogP contribution in [0.3, 0.4) is 0 Å². The van der Waals surface area contributed by atoms with Crippen LogP contribution in [0.4, 0.5) is 17.6 Å². The van der Waals surface area contributed by atoms with Crippen molar-refractivity contribution in [2.24, 2.45) is 0 Å². The quantitative estimate of drug-likeness (QED) is 0.369. The second-order valence-electron chi connectivity index (χ2n) is 9.39. The van der Waals surface area contributed by atoms with Crippen LogP contribution in [0.2, 0.25) is 0 Å². The molecule has 2 atom stereocenters. The highest BCUT2D eigenvalue weighted by molar-refractivity contribution is 5.93. The van der Waals surface area contributed by atoms with Crippen LogP contribution in [0.5, 0.6) is 0 Å². The summed E-state index contributed by atoms with van der Waals surface area (Å²) in [5, 5.41) is 4.19. The standard InChI is InChI=1S/C27H21F4N5O3/c28-18-8-6-17(7-9-18)20-13-19(27(29,30)31)24-32-21(14-36(24)33-20)25(37)34-10-11-35-23(15-34)39-22(26(35)38)12-16-4-2-1-3-5-16/h1-9,13-14,22-23H,10-12,15H2. The molecule has 0 N–H and O–H groups in total. The first-order valence-corrected chi connectivity index (χ1v) is 12.2. The number of rotatable bonds is 4. The molecule has 0 bridgehead atoms. The summed E-state index contributed by atoms with van der Waals surface area (Å²) >= 11 is 0. The van der Waals surface area contributed by atoms with Crippen molar-refractivity contribution < 1.29 is 31.9 Å². The third-order valence-corrected chi connectivity index (χ3v) is 6.86. The molecule has 2 unspecified atom stereocenters. The van der Waals surface area contributed by atoms with Crippen molar-refractivity contribution in [1.82, 2.24) is 24.4 Å². The summed E-state index contributed by atoms with van der Waals surface area (Å²) in [5.41, 5.74) is -0.652. The Morgan fingerprint density at radius 1 is 1.05 bits per heavy atom. The number of hydrogen-bond acceptors (Lipinski definition) is 5. The lowest BCUT2D eigenvalue weighted by atomic mass is 10.1. The first-order chi connectivity index (χ1) is 18.7. The molecule has 2 aromatic carbocycles. The van der Waals surface area contributed by atoms with Crippen molar-refractivity contribution >= 4 is 17.5 Å². The normalized spacial score (nSPS) is 19.5. The molecule has 2 aliphatic heterocycles. The molecule has 0 spiro atoms. The van der Waals surface area contributed by atoms with Gasteiger partial charge in [0.2, 0.25) is 0 Å². The van der Waals surface area contributed by atoms with Crippen LogP contribution in [0, 0.1) is 5.82 Å². The van der Waals surface area contributed by atoms with Crippen molar-refractivity contribution in [2.45, 2.75) is 24.9 Å². The van der Waals surface area contributed by atoms with Gasteiger partial charge < -0.3 is 14.5 Å². The van der Waals surface area contributed by atoms with E-state index in [0.29, 0.717) is 6.42 Å². The number of amides is 2. The monoisotopic (exact) mass is 539 g/mol. The van der Waals surface area contributed by atoms with Crippen molar-refractivity contribution in [3.8, 4) is 11.3 Å². The zero-order valence-electron chi connectivity index (χ0n) is 20.3. The van der Waals surface area contributed by atoms with Crippen molar-refractivity contribution in [1.29, 1.82) is 0 Å². The van der Waals surface area contributed by atoms with E-state index in [9.17, 15) is 27.2 Å². The summed E-state index contributed by atoms with van der Waals surface area (Å²) in [5.74, 6) is -1.29. The lowest BCUT2D eigenvalue weighted by molar-refractivity contribution is -0.136. The number of carbonyl (C=O) groups excluding carboxylic acids is 2. The fraction of sp³-hybridized carbons (Fsp3) is 0.259. The molecule has 0 radical (unpaired) electrons. The predicted molar refractivity (Wildman–Crippen MR) is 130 cm³/mol. The molecule has 2 saturated heterocycles. The molecule has 2 amide bonds. The van der Waals surface area contributed by atoms with Crippen molar-refractivity contribution in [3.63, 3.8) is 0 Å². The number of nitrogens with zero attached hydrogens (tertiary/aromatic N) is 5. The average molecular weight is 539 g/mol. The van der Waals surface area contributed by atoms with Gasteiger partial charge in [0.1, 0.15) is 23.2 Å². The molecule has 0 saturated carbocycles. The minimum atomic E-state index is -4.78. The van der Waals surface area contributed by atoms with Crippen LogP contribution < -0.4 is 0 Å². The molecule has 4 aromatic rings. The van der Waals surface area contributed by atoms with Gasteiger partial charge in [0.15, 0.2) is 11.9 Å². The Morgan fingerprint density at radius 3 is 2.51 bits per heavy atom. The van der Waals surface area contributed by atoms with E-state index in [2.05, 4.69) is 10.1 Å². The number of aromatic nitrogens is 3. The molecular weight excluding hydrogens is 518 g/mol. The number of fused-ring (bicyclic) bond motifs is 2. The van der Waals surface area contributed by atoms with Gasteiger partial charge in [-0.05, 0) is 35.9 Å². The third-order valence-electron chi connectivity index (χ3n) is 6.86. The smallest absolute Gasteiger partial charge is 0.343 e. The number of imidazole rings is 1. The Kier molecular flexibility index (Phi) is 6.06. The molecule has 2 aromatic heterocycles. The largest absolute Gasteiger partial charge is 0.420 e. The van der Waals surface area contributed by atoms with Crippen LogP contribution in [0.15, 0.2) is 66.9 Å². The number of ether oxygens (including phenoxy) is 1. The zero-order valence-corrected chi connectivity index (χ0v) is 20.3. The molecule has 8 nitrogen and oxygen atoms in total. The second-order valence-corrected chi connectivity index (χ2v) is 9.39. The highest BCUT2D eigenvalue weighted by atomic mass is 19.4. The van der Waals surface area contributed by atoms with E-state index < -0.39 is 41.4 Å². The summed E-state index contributed by atoms with van der Waals surface area (Å²) in [4.78, 5) is 33.1. The molecule has 4 heterocycles. The first kappa shape index (κ1) is 25.0. The van der Waals surface area contributed by atoms with Gasteiger partial charge in [0.25, 0.3) is 11.8 Å². The van der Waals surface area contributed by atoms with E-state index in [4.69, 9.17) is 4.74 Å². The van der Waals surface area contributed by atoms with E-state index in [-0.39, 0.29) is 42.5 Å². The van der Waals surface area contributed by atoms with Gasteiger partial charge in [-0.25, -0.2) is 13.9 Å². The number of alkyl halides is 3. The number of piperazine rings is 1. The summed E-state index contributed by atoms with van der Waals surface area (Å²) < 4.78 is 62.0. The highest BCUT2D eigenvalue weighted by Crippen LogP contribution is 2.34. The van der Waals surface area contributed by atoms with Gasteiger partial charge in [-0.1, -0.05) is 30.3 Å². The Bertz CT molecular complexity index is 1560. The maximum atomic E-state index is 13.9. The lowest BCUT2D eigenvalue weighted by Crippen LogP contribution is -2.53. The van der Waals surface area contributed by atoms with Crippen LogP contribution in [-0.4, -0.2) is 68.2 Å². The minimum absolute atomic E-state index is 0.0536. The van der Waals surface area contributed by atoms with Gasteiger partial charge in [0, 0.05) is 25.1 Å². The Labute approximate surface area is 219 Å². The SMILES string of the molecule is O=C(c1cn2nc(-c3ccc(F)cc3)cc(C(F)(F)F)c2n1)N1CCN2C(=O)C(Cc3ccccc3)OC2C1. The average Bonchev–Trinajstić information content (AvgIpc) is 3.48. The second kappa shape index (κ2) is 9.45. The lowest BCUT2D eigenvalue weighted by Gasteiger charge is -2.35. The van der Waals surface area contributed by atoms with Crippen molar-refractivity contribution in [2.75, 3.05) is 19.6 Å². The van der Waals surface area contributed by atoms with Crippen LogP contribution >= 0.6 is 0 Å². The van der Waals surface area contributed by atoms with Gasteiger partial charge in [-0.2, -0.15) is 18.3 Å². The fourth-order valence-corrected chi connectivity index (χ4v) is 4.91. The minimum Gasteiger partial charge on any atom is -0.343 e. The van der Waals surface area contributed by atoms with Gasteiger partial charge in [0.05, 0.1) is 18.4 Å². The molecule has 0 aliphatic carbocycles. The topological polar surface area (TPSA) is 80.0 Å². The Morgan fingerprint density at radius 2 is 1.79 bits per heavy atom. The predicted octanol–water partition coefficient (Wildman–Crippen LogP) is 3.81. The summed E-state index contributed by atoms with van der Waals surface area (Å²) in [6, 6.07) is 15.1. The molecular formula is C27H21F4N5O3. The first-order valence-electron chi connectivity index (χ1n) is 12.2. The maximum absolute atomic E-state index is 13.9. The number of benzene rings is 2. The fourth-order valence-electron chi connectivity index (χ4n) is 4.91. The van der Waals surface area contributed by atoms with Crippen LogP contribution in [-0.2, 0) is 22.1 Å². The van der Waals surface area contributed by atoms with Gasteiger partial charge >= 0.3 is 6.18 Å². The summed E-state index contributed by atoms with van der Waals surface area (Å²) in [7, 11) is 0. The zero-order chi connectivity index (χ0) is 27.3. The van der Waals surface area contributed by atoms with Crippen LogP contribution in [0.25, 0.3) is 16.9 Å². The molecule has 2 aliphatic rings. The number of hydrogen-bond donors (Lipinski definition) is 0. The Balaban J connectivity index is 1.25. The van der Waals surface area contributed by atoms with Crippen molar-refractivity contribution in [3.05, 3.63) is 89.5 Å². The van der Waals surface area contributed by atoms with E-state index in [0.717, 1.165) is 34.5 Å². The van der Waals surface area contributed by atoms with E-state index in [1.54, 1.807) is 4.90 Å². The highest BCUT2D eigenvalue weighted by Gasteiger charge is 2.44. The summed E-state index contributed by atoms with van der Waals surface area (Å²) in [6.07, 6.45) is -4.57. The maximum Gasteiger partial charge on any atom is 0.420 e. The van der Waals surface area contributed by atoms with Gasteiger partial charge in [-0.15, -0.1) is 0 Å². The summed E-state index contributed by atoms with van der Waals surface area (Å²) in [6.45, 7) is 0.468. The number of carbonyl (C=O) groups is 2. The molecule has 6 rings (SSSR count). The van der Waals surface area contributed by atoms with E-state index >= 15 is 0 Å². The molecule has 200 valence electrons. The van der Waals surface area contributed by atoms with E-state index in [1.807, 2.05) is 30.3 Å². The molecule has 12 heteroatoms. The van der Waals surface area contributed by atoms with Crippen LogP contribution in [0.1, 0.15) is 21.6 Å². The van der Waals surface area contributed by atoms with Gasteiger partial charge in [-0.3, -0.25) is 9.59 Å². The third kappa shape index (κ3) is 4.71. The Hall–Kier alpha value is -4.32. The van der Waals surface area contributed by atoms with E-state index in [1.165, 1.54) is 17.0 Å².